The third-order valence-electron chi connectivity index (χ3n) is 6.63. The minimum absolute atomic E-state index is 0.0216. The summed E-state index contributed by atoms with van der Waals surface area (Å²) in [5, 5.41) is 15.9. The molecule has 2 fully saturated rings. The summed E-state index contributed by atoms with van der Waals surface area (Å²) < 4.78 is 15.4. The van der Waals surface area contributed by atoms with E-state index in [2.05, 4.69) is 16.2 Å². The van der Waals surface area contributed by atoms with Gasteiger partial charge in [0.2, 0.25) is 5.91 Å². The minimum atomic E-state index is -0.256. The van der Waals surface area contributed by atoms with Crippen LogP contribution in [0.5, 0.6) is 0 Å². The summed E-state index contributed by atoms with van der Waals surface area (Å²) in [6, 6.07) is 8.42. The Morgan fingerprint density at radius 1 is 1.16 bits per heavy atom. The first-order valence-electron chi connectivity index (χ1n) is 11.0. The van der Waals surface area contributed by atoms with Gasteiger partial charge in [0.15, 0.2) is 0 Å². The maximum Gasteiger partial charge on any atom is 0.249 e. The lowest BCUT2D eigenvalue weighted by atomic mass is 9.81. The van der Waals surface area contributed by atoms with E-state index in [0.29, 0.717) is 24.5 Å². The van der Waals surface area contributed by atoms with E-state index in [1.165, 1.54) is 23.4 Å². The van der Waals surface area contributed by atoms with E-state index in [-0.39, 0.29) is 23.7 Å². The molecule has 1 saturated heterocycles. The largest absolute Gasteiger partial charge is 0.272 e. The summed E-state index contributed by atoms with van der Waals surface area (Å²) in [4.78, 5) is 23.1. The van der Waals surface area contributed by atoms with Crippen LogP contribution in [0, 0.1) is 29.0 Å². The third kappa shape index (κ3) is 3.96. The molecule has 7 nitrogen and oxygen atoms in total. The number of carbonyl (C=O) groups is 1. The van der Waals surface area contributed by atoms with Gasteiger partial charge in [-0.25, -0.2) is 9.45 Å². The highest BCUT2D eigenvalue weighted by Crippen LogP contribution is 2.36. The molecule has 1 saturated carbocycles. The topological polar surface area (TPSA) is 84.0 Å². The Labute approximate surface area is 185 Å². The summed E-state index contributed by atoms with van der Waals surface area (Å²) in [5.74, 6) is 0.128. The van der Waals surface area contributed by atoms with Crippen molar-refractivity contribution in [2.24, 2.45) is 11.8 Å². The molecule has 164 valence electrons. The quantitative estimate of drug-likeness (QED) is 0.617. The predicted molar refractivity (Wildman–Crippen MR) is 114 cm³/mol. The first-order valence-corrected chi connectivity index (χ1v) is 11.0. The molecule has 0 radical (unpaired) electrons. The monoisotopic (exact) mass is 433 g/mol. The molecule has 1 amide bonds. The van der Waals surface area contributed by atoms with Crippen molar-refractivity contribution in [3.8, 4) is 6.07 Å². The van der Waals surface area contributed by atoms with Crippen LogP contribution in [0.4, 0.5) is 4.39 Å². The number of amides is 1. The SMILES string of the molecule is N#Cc1cncc([C@@H]2CCON2C(=O)[C@H]2CC[C@H](Cn3ncc4cc(F)ccc43)CC2)c1. The number of halogens is 1. The summed E-state index contributed by atoms with van der Waals surface area (Å²) >= 11 is 0. The van der Waals surface area contributed by atoms with Crippen LogP contribution in [0.3, 0.4) is 0 Å². The number of pyridine rings is 1. The van der Waals surface area contributed by atoms with Gasteiger partial charge in [-0.3, -0.25) is 19.3 Å². The van der Waals surface area contributed by atoms with Crippen LogP contribution in [0.1, 0.15) is 49.3 Å². The van der Waals surface area contributed by atoms with Gasteiger partial charge in [0.05, 0.1) is 29.9 Å². The van der Waals surface area contributed by atoms with Gasteiger partial charge in [-0.05, 0) is 61.4 Å². The fourth-order valence-electron chi connectivity index (χ4n) is 4.91. The van der Waals surface area contributed by atoms with Gasteiger partial charge >= 0.3 is 0 Å². The molecule has 0 spiro atoms. The molecule has 0 unspecified atom stereocenters. The van der Waals surface area contributed by atoms with E-state index in [4.69, 9.17) is 10.1 Å². The first-order chi connectivity index (χ1) is 15.6. The molecule has 2 aromatic heterocycles. The number of nitrogens with zero attached hydrogens (tertiary/aromatic N) is 5. The van der Waals surface area contributed by atoms with Gasteiger partial charge in [0.25, 0.3) is 0 Å². The van der Waals surface area contributed by atoms with Gasteiger partial charge in [0, 0.05) is 36.7 Å². The summed E-state index contributed by atoms with van der Waals surface area (Å²) in [6.45, 7) is 1.25. The van der Waals surface area contributed by atoms with Crippen LogP contribution in [-0.2, 0) is 16.2 Å². The Kier molecular flexibility index (Phi) is 5.58. The molecule has 32 heavy (non-hydrogen) atoms. The number of hydrogen-bond donors (Lipinski definition) is 0. The molecule has 0 N–H and O–H groups in total. The molecular formula is C24H24FN5O2. The molecule has 1 atom stereocenters. The maximum atomic E-state index is 13.4. The smallest absolute Gasteiger partial charge is 0.249 e. The zero-order valence-corrected chi connectivity index (χ0v) is 17.7. The van der Waals surface area contributed by atoms with Gasteiger partial charge in [-0.1, -0.05) is 0 Å². The molecule has 5 rings (SSSR count). The van der Waals surface area contributed by atoms with E-state index >= 15 is 0 Å². The van der Waals surface area contributed by atoms with Gasteiger partial charge in [-0.15, -0.1) is 0 Å². The van der Waals surface area contributed by atoms with Crippen LogP contribution >= 0.6 is 0 Å². The number of carbonyl (C=O) groups excluding carboxylic acids is 1. The average molecular weight is 433 g/mol. The maximum absolute atomic E-state index is 13.4. The molecule has 2 aliphatic rings. The van der Waals surface area contributed by atoms with Crippen molar-refractivity contribution in [1.82, 2.24) is 19.8 Å². The Morgan fingerprint density at radius 3 is 2.81 bits per heavy atom. The predicted octanol–water partition coefficient (Wildman–Crippen LogP) is 4.15. The summed E-state index contributed by atoms with van der Waals surface area (Å²) in [6.07, 6.45) is 9.11. The number of rotatable bonds is 4. The number of hydroxylamine groups is 2. The standard InChI is InChI=1S/C24H24FN5O2/c25-21-5-6-22-20(10-21)14-28-29(22)15-16-1-3-18(4-2-16)24(31)30-23(7-8-32-30)19-9-17(11-26)12-27-13-19/h5-6,9-10,12-14,16,18,23H,1-4,7-8,15H2/t16-,18-,23-/m0/s1. The number of benzene rings is 1. The zero-order valence-electron chi connectivity index (χ0n) is 17.7. The molecule has 1 aliphatic heterocycles. The molecule has 0 bridgehead atoms. The van der Waals surface area contributed by atoms with E-state index in [1.54, 1.807) is 24.5 Å². The first kappa shape index (κ1) is 20.6. The van der Waals surface area contributed by atoms with Crippen molar-refractivity contribution in [1.29, 1.82) is 5.26 Å². The second-order valence-corrected chi connectivity index (χ2v) is 8.67. The lowest BCUT2D eigenvalue weighted by molar-refractivity contribution is -0.183. The molecular weight excluding hydrogens is 409 g/mol. The fraction of sp³-hybridized carbons (Fsp3) is 0.417. The Balaban J connectivity index is 1.22. The van der Waals surface area contributed by atoms with Gasteiger partial charge < -0.3 is 0 Å². The second kappa shape index (κ2) is 8.67. The van der Waals surface area contributed by atoms with E-state index in [9.17, 15) is 9.18 Å². The Hall–Kier alpha value is -3.31. The van der Waals surface area contributed by atoms with E-state index in [0.717, 1.165) is 48.7 Å². The van der Waals surface area contributed by atoms with Crippen LogP contribution in [0.25, 0.3) is 10.9 Å². The highest BCUT2D eigenvalue weighted by atomic mass is 19.1. The van der Waals surface area contributed by atoms with E-state index in [1.807, 2.05) is 4.68 Å². The normalized spacial score (nSPS) is 23.4. The molecule has 3 heterocycles. The summed E-state index contributed by atoms with van der Waals surface area (Å²) in [7, 11) is 0. The van der Waals surface area contributed by atoms with Crippen molar-refractivity contribution in [3.63, 3.8) is 0 Å². The number of fused-ring (bicyclic) bond motifs is 1. The lowest BCUT2D eigenvalue weighted by Gasteiger charge is -2.32. The fourth-order valence-corrected chi connectivity index (χ4v) is 4.91. The van der Waals surface area contributed by atoms with Gasteiger partial charge in [0.1, 0.15) is 11.9 Å². The highest BCUT2D eigenvalue weighted by Gasteiger charge is 2.37. The van der Waals surface area contributed by atoms with E-state index < -0.39 is 0 Å². The van der Waals surface area contributed by atoms with Gasteiger partial charge in [-0.2, -0.15) is 10.4 Å². The number of nitriles is 1. The van der Waals surface area contributed by atoms with Crippen molar-refractivity contribution < 1.29 is 14.0 Å². The molecule has 1 aliphatic carbocycles. The highest BCUT2D eigenvalue weighted by molar-refractivity contribution is 5.79. The average Bonchev–Trinajstić information content (AvgIpc) is 3.46. The molecule has 1 aromatic carbocycles. The van der Waals surface area contributed by atoms with Crippen LogP contribution in [0.2, 0.25) is 0 Å². The lowest BCUT2D eigenvalue weighted by Crippen LogP contribution is -2.37. The van der Waals surface area contributed by atoms with Crippen LogP contribution in [0.15, 0.2) is 42.9 Å². The molecule has 3 aromatic rings. The molecule has 8 heteroatoms. The van der Waals surface area contributed by atoms with Crippen molar-refractivity contribution in [3.05, 3.63) is 59.8 Å². The van der Waals surface area contributed by atoms with Crippen molar-refractivity contribution in [2.45, 2.75) is 44.7 Å². The van der Waals surface area contributed by atoms with Crippen molar-refractivity contribution in [2.75, 3.05) is 6.61 Å². The Morgan fingerprint density at radius 2 is 2.00 bits per heavy atom. The van der Waals surface area contributed by atoms with Crippen LogP contribution in [-0.4, -0.2) is 32.3 Å². The van der Waals surface area contributed by atoms with Crippen molar-refractivity contribution >= 4 is 16.8 Å². The second-order valence-electron chi connectivity index (χ2n) is 8.67. The third-order valence-corrected chi connectivity index (χ3v) is 6.63. The van der Waals surface area contributed by atoms with Crippen LogP contribution < -0.4 is 0 Å². The minimum Gasteiger partial charge on any atom is -0.272 e. The zero-order chi connectivity index (χ0) is 22.1. The summed E-state index contributed by atoms with van der Waals surface area (Å²) in [5.41, 5.74) is 2.26. The Bertz CT molecular complexity index is 1180. The number of aromatic nitrogens is 3. The number of hydrogen-bond acceptors (Lipinski definition) is 5.